The first kappa shape index (κ1) is 22.0. The number of nitrogens with two attached hydrogens (primary N) is 1. The van der Waals surface area contributed by atoms with Gasteiger partial charge in [-0.3, -0.25) is 20.3 Å². The average molecular weight is 477 g/mol. The van der Waals surface area contributed by atoms with Gasteiger partial charge in [0.15, 0.2) is 16.5 Å². The van der Waals surface area contributed by atoms with Crippen LogP contribution >= 0.6 is 35.4 Å². The molecule has 0 saturated carbocycles. The highest BCUT2D eigenvalue weighted by molar-refractivity contribution is 7.80. The van der Waals surface area contributed by atoms with Crippen molar-refractivity contribution in [2.75, 3.05) is 5.32 Å². The molecule has 2 aromatic carbocycles. The average Bonchev–Trinajstić information content (AvgIpc) is 2.72. The number of rotatable bonds is 4. The number of benzene rings is 2. The molecular weight excluding hydrogens is 467 g/mol. The van der Waals surface area contributed by atoms with Crippen LogP contribution in [0, 0.1) is 21.4 Å². The molecule has 3 aromatic rings. The van der Waals surface area contributed by atoms with Gasteiger partial charge < -0.3 is 15.5 Å². The normalized spacial score (nSPS) is 11.1. The number of nitriles is 1. The molecule has 4 N–H and O–H groups in total. The van der Waals surface area contributed by atoms with E-state index in [4.69, 9.17) is 45.6 Å². The highest BCUT2D eigenvalue weighted by atomic mass is 35.5. The molecule has 1 aromatic heterocycles. The molecule has 1 heterocycles. The van der Waals surface area contributed by atoms with E-state index in [0.717, 1.165) is 12.1 Å². The largest absolute Gasteiger partial charge is 0.449 e. The summed E-state index contributed by atoms with van der Waals surface area (Å²) in [6.45, 7) is 0. The standard InChI is InChI=1S/C18H10Cl2N6O4S/c19-9-4-11-14(24-25-18(22)31)6-15(30-16(11)12(20)5-9)17(27)23-13-2-1-10(26(28)29)3-8(13)7-21/h1-6H,(H,23,27)(H3,22,25,31)/b24-14+. The third kappa shape index (κ3) is 4.89. The van der Waals surface area contributed by atoms with E-state index in [1.807, 2.05) is 0 Å². The molecule has 13 heteroatoms. The maximum absolute atomic E-state index is 12.8. The number of anilines is 1. The first-order valence-corrected chi connectivity index (χ1v) is 9.38. The van der Waals surface area contributed by atoms with Crippen LogP contribution in [0.4, 0.5) is 11.4 Å². The van der Waals surface area contributed by atoms with Gasteiger partial charge in [0.2, 0.25) is 0 Å². The molecule has 0 spiro atoms. The second kappa shape index (κ2) is 8.97. The van der Waals surface area contributed by atoms with E-state index in [1.165, 1.54) is 24.3 Å². The van der Waals surface area contributed by atoms with E-state index in [0.29, 0.717) is 10.4 Å². The van der Waals surface area contributed by atoms with Crippen LogP contribution in [0.25, 0.3) is 11.0 Å². The monoisotopic (exact) mass is 476 g/mol. The fourth-order valence-electron chi connectivity index (χ4n) is 2.55. The number of amides is 1. The van der Waals surface area contributed by atoms with Crippen LogP contribution < -0.4 is 21.8 Å². The maximum Gasteiger partial charge on any atom is 0.291 e. The smallest absolute Gasteiger partial charge is 0.291 e. The number of nitrogens with zero attached hydrogens (tertiary/aromatic N) is 3. The summed E-state index contributed by atoms with van der Waals surface area (Å²) in [5.41, 5.74) is 7.59. The molecule has 0 atom stereocenters. The Morgan fingerprint density at radius 1 is 1.29 bits per heavy atom. The maximum atomic E-state index is 12.8. The van der Waals surface area contributed by atoms with Crippen LogP contribution in [0.1, 0.15) is 16.1 Å². The SMILES string of the molecule is N#Cc1cc([N+](=O)[O-])ccc1NC(=O)c1c/c(=N\NC(N)=S)c2cc(Cl)cc(Cl)c2o1. The first-order chi connectivity index (χ1) is 14.7. The van der Waals surface area contributed by atoms with Crippen molar-refractivity contribution in [3.63, 3.8) is 0 Å². The molecule has 3 rings (SSSR count). The van der Waals surface area contributed by atoms with Crippen molar-refractivity contribution in [1.82, 2.24) is 5.43 Å². The summed E-state index contributed by atoms with van der Waals surface area (Å²) < 4.78 is 5.62. The number of nitro benzene ring substituents is 1. The van der Waals surface area contributed by atoms with Crippen molar-refractivity contribution in [2.45, 2.75) is 0 Å². The Hall–Kier alpha value is -3.72. The van der Waals surface area contributed by atoms with Crippen LogP contribution in [0.2, 0.25) is 10.0 Å². The molecule has 0 fully saturated rings. The van der Waals surface area contributed by atoms with Crippen LogP contribution in [0.5, 0.6) is 0 Å². The Labute approximate surface area is 189 Å². The summed E-state index contributed by atoms with van der Waals surface area (Å²) >= 11 is 17.0. The van der Waals surface area contributed by atoms with Gasteiger partial charge in [0.1, 0.15) is 6.07 Å². The van der Waals surface area contributed by atoms with Crippen LogP contribution in [-0.4, -0.2) is 15.9 Å². The van der Waals surface area contributed by atoms with E-state index in [2.05, 4.69) is 15.8 Å². The summed E-state index contributed by atoms with van der Waals surface area (Å²) in [5, 5.41) is 27.5. The van der Waals surface area contributed by atoms with Crippen molar-refractivity contribution in [2.24, 2.45) is 10.8 Å². The van der Waals surface area contributed by atoms with Crippen molar-refractivity contribution < 1.29 is 14.1 Å². The number of hydrogen-bond acceptors (Lipinski definition) is 7. The van der Waals surface area contributed by atoms with Gasteiger partial charge in [-0.05, 0) is 30.4 Å². The summed E-state index contributed by atoms with van der Waals surface area (Å²) in [5.74, 6) is -0.979. The second-order valence-electron chi connectivity index (χ2n) is 5.90. The predicted octanol–water partition coefficient (Wildman–Crippen LogP) is 3.42. The van der Waals surface area contributed by atoms with E-state index < -0.39 is 10.8 Å². The van der Waals surface area contributed by atoms with Gasteiger partial charge in [0.05, 0.1) is 26.6 Å². The number of carbonyl (C=O) groups excluding carboxylic acids is 1. The molecular formula is C18H10Cl2N6O4S. The lowest BCUT2D eigenvalue weighted by molar-refractivity contribution is -0.384. The second-order valence-corrected chi connectivity index (χ2v) is 7.18. The molecule has 0 aliphatic rings. The number of carbonyl (C=O) groups is 1. The Kier molecular flexibility index (Phi) is 6.36. The third-order valence-corrected chi connectivity index (χ3v) is 4.45. The number of halogens is 2. The number of fused-ring (bicyclic) bond motifs is 1. The lowest BCUT2D eigenvalue weighted by Gasteiger charge is -2.09. The van der Waals surface area contributed by atoms with Gasteiger partial charge >= 0.3 is 0 Å². The lowest BCUT2D eigenvalue weighted by Crippen LogP contribution is -2.27. The minimum atomic E-state index is -0.759. The van der Waals surface area contributed by atoms with Crippen LogP contribution in [-0.2, 0) is 0 Å². The van der Waals surface area contributed by atoms with Gasteiger partial charge in [-0.1, -0.05) is 23.2 Å². The number of nitrogens with one attached hydrogen (secondary N) is 2. The number of hydrogen-bond donors (Lipinski definition) is 3. The molecule has 1 amide bonds. The van der Waals surface area contributed by atoms with Crippen molar-refractivity contribution in [1.29, 1.82) is 5.26 Å². The highest BCUT2D eigenvalue weighted by Gasteiger charge is 2.17. The van der Waals surface area contributed by atoms with Crippen LogP contribution in [0.3, 0.4) is 0 Å². The Morgan fingerprint density at radius 2 is 2.03 bits per heavy atom. The zero-order valence-corrected chi connectivity index (χ0v) is 17.5. The quantitative estimate of drug-likeness (QED) is 0.293. The zero-order chi connectivity index (χ0) is 22.7. The van der Waals surface area contributed by atoms with E-state index in [-0.39, 0.29) is 43.8 Å². The Morgan fingerprint density at radius 3 is 2.68 bits per heavy atom. The van der Waals surface area contributed by atoms with Gasteiger partial charge in [-0.2, -0.15) is 10.4 Å². The first-order valence-electron chi connectivity index (χ1n) is 8.21. The molecule has 0 unspecified atom stereocenters. The molecule has 0 radical (unpaired) electrons. The topological polar surface area (TPSA) is 160 Å². The molecule has 10 nitrogen and oxygen atoms in total. The lowest BCUT2D eigenvalue weighted by atomic mass is 10.1. The molecule has 0 aliphatic carbocycles. The van der Waals surface area contributed by atoms with E-state index in [9.17, 15) is 20.2 Å². The van der Waals surface area contributed by atoms with Crippen molar-refractivity contribution >= 4 is 68.8 Å². The summed E-state index contributed by atoms with van der Waals surface area (Å²) in [6, 6.07) is 9.46. The van der Waals surface area contributed by atoms with Crippen molar-refractivity contribution in [3.05, 3.63) is 73.2 Å². The Balaban J connectivity index is 2.10. The minimum absolute atomic E-state index is 0.0512. The fourth-order valence-corrected chi connectivity index (χ4v) is 3.12. The molecule has 0 saturated heterocycles. The van der Waals surface area contributed by atoms with E-state index in [1.54, 1.807) is 6.07 Å². The third-order valence-electron chi connectivity index (χ3n) is 3.86. The Bertz CT molecular complexity index is 1370. The van der Waals surface area contributed by atoms with Gasteiger partial charge in [-0.25, -0.2) is 0 Å². The van der Waals surface area contributed by atoms with Gasteiger partial charge in [0.25, 0.3) is 11.6 Å². The minimum Gasteiger partial charge on any atom is -0.449 e. The van der Waals surface area contributed by atoms with Gasteiger partial charge in [0, 0.05) is 28.6 Å². The fraction of sp³-hybridized carbons (Fsp3) is 0. The van der Waals surface area contributed by atoms with Gasteiger partial charge in [-0.15, -0.1) is 0 Å². The highest BCUT2D eigenvalue weighted by Crippen LogP contribution is 2.27. The zero-order valence-electron chi connectivity index (χ0n) is 15.2. The molecule has 31 heavy (non-hydrogen) atoms. The number of nitro groups is 1. The molecule has 156 valence electrons. The number of non-ortho nitro benzene ring substituents is 1. The number of thiocarbonyl (C=S) groups is 1. The summed E-state index contributed by atoms with van der Waals surface area (Å²) in [6.07, 6.45) is 0. The molecule has 0 bridgehead atoms. The summed E-state index contributed by atoms with van der Waals surface area (Å²) in [7, 11) is 0. The molecule has 0 aliphatic heterocycles. The predicted molar refractivity (Wildman–Crippen MR) is 117 cm³/mol. The van der Waals surface area contributed by atoms with E-state index >= 15 is 0 Å². The summed E-state index contributed by atoms with van der Waals surface area (Å²) in [4.78, 5) is 23.0. The van der Waals surface area contributed by atoms with Crippen molar-refractivity contribution in [3.8, 4) is 6.07 Å². The van der Waals surface area contributed by atoms with Crippen LogP contribution in [0.15, 0.2) is 45.9 Å².